The lowest BCUT2D eigenvalue weighted by Crippen LogP contribution is -2.19. The molecule has 3 nitrogen and oxygen atoms in total. The molecular formula is C12H11ClFN3. The minimum absolute atomic E-state index is 0.120. The predicted octanol–water partition coefficient (Wildman–Crippen LogP) is 2.22. The zero-order chi connectivity index (χ0) is 11.6. The van der Waals surface area contributed by atoms with Gasteiger partial charge in [0.15, 0.2) is 0 Å². The molecule has 2 heterocycles. The first kappa shape index (κ1) is 9.85. The monoisotopic (exact) mass is 251 g/mol. The van der Waals surface area contributed by atoms with Crippen molar-refractivity contribution >= 4 is 22.5 Å². The highest BCUT2D eigenvalue weighted by molar-refractivity contribution is 6.35. The van der Waals surface area contributed by atoms with Gasteiger partial charge in [0.05, 0.1) is 16.2 Å². The second-order valence-electron chi connectivity index (χ2n) is 5.07. The minimum Gasteiger partial charge on any atom is -0.315 e. The fourth-order valence-corrected chi connectivity index (χ4v) is 3.38. The first-order valence-electron chi connectivity index (χ1n) is 5.75. The Morgan fingerprint density at radius 1 is 1.47 bits per heavy atom. The zero-order valence-corrected chi connectivity index (χ0v) is 9.81. The Hall–Kier alpha value is -1.13. The molecule has 0 bridgehead atoms. The second-order valence-corrected chi connectivity index (χ2v) is 5.48. The van der Waals surface area contributed by atoms with Gasteiger partial charge in [0, 0.05) is 17.3 Å². The van der Waals surface area contributed by atoms with E-state index < -0.39 is 0 Å². The van der Waals surface area contributed by atoms with Crippen LogP contribution in [0.1, 0.15) is 12.1 Å². The molecule has 17 heavy (non-hydrogen) atoms. The molecule has 0 spiro atoms. The van der Waals surface area contributed by atoms with Crippen molar-refractivity contribution in [1.29, 1.82) is 0 Å². The van der Waals surface area contributed by atoms with E-state index in [2.05, 4.69) is 15.5 Å². The summed E-state index contributed by atoms with van der Waals surface area (Å²) in [5, 5.41) is 11.9. The Balaban J connectivity index is 1.97. The average Bonchev–Trinajstić information content (AvgIpc) is 2.70. The standard InChI is InChI=1S/C12H11ClFN3/c13-9-2-7(14)1-8-10(9)16-17-11(8)12-3-6(12)4-15-5-12/h1-2,6,15H,3-5H2,(H,16,17). The van der Waals surface area contributed by atoms with Crippen molar-refractivity contribution in [1.82, 2.24) is 15.5 Å². The zero-order valence-electron chi connectivity index (χ0n) is 9.06. The number of hydrogen-bond acceptors (Lipinski definition) is 2. The lowest BCUT2D eigenvalue weighted by atomic mass is 9.98. The number of aromatic amines is 1. The molecule has 4 rings (SSSR count). The Morgan fingerprint density at radius 2 is 2.35 bits per heavy atom. The van der Waals surface area contributed by atoms with Crippen LogP contribution >= 0.6 is 11.6 Å². The number of fused-ring (bicyclic) bond motifs is 2. The Bertz CT molecular complexity index is 623. The van der Waals surface area contributed by atoms with Gasteiger partial charge in [-0.15, -0.1) is 0 Å². The van der Waals surface area contributed by atoms with Crippen LogP contribution in [0, 0.1) is 11.7 Å². The number of aromatic nitrogens is 2. The summed E-state index contributed by atoms with van der Waals surface area (Å²) in [7, 11) is 0. The molecule has 2 N–H and O–H groups in total. The van der Waals surface area contributed by atoms with E-state index in [0.29, 0.717) is 10.9 Å². The van der Waals surface area contributed by atoms with Crippen molar-refractivity contribution in [3.05, 3.63) is 28.7 Å². The molecule has 2 aliphatic rings. The molecule has 1 aromatic carbocycles. The molecule has 2 aromatic rings. The van der Waals surface area contributed by atoms with Crippen LogP contribution in [-0.2, 0) is 5.41 Å². The van der Waals surface area contributed by atoms with Gasteiger partial charge in [-0.1, -0.05) is 11.6 Å². The Morgan fingerprint density at radius 3 is 3.06 bits per heavy atom. The van der Waals surface area contributed by atoms with Crippen molar-refractivity contribution in [3.8, 4) is 0 Å². The van der Waals surface area contributed by atoms with Gasteiger partial charge in [-0.3, -0.25) is 5.10 Å². The number of benzene rings is 1. The minimum atomic E-state index is -0.301. The number of piperidine rings is 1. The Labute approximate surface area is 102 Å². The summed E-state index contributed by atoms with van der Waals surface area (Å²) in [6, 6.07) is 2.85. The van der Waals surface area contributed by atoms with Gasteiger partial charge >= 0.3 is 0 Å². The maximum Gasteiger partial charge on any atom is 0.125 e. The molecule has 1 aliphatic heterocycles. The molecule has 1 saturated heterocycles. The van der Waals surface area contributed by atoms with E-state index >= 15 is 0 Å². The van der Waals surface area contributed by atoms with E-state index in [4.69, 9.17) is 11.6 Å². The van der Waals surface area contributed by atoms with E-state index in [-0.39, 0.29) is 11.2 Å². The van der Waals surface area contributed by atoms with E-state index in [1.807, 2.05) is 0 Å². The van der Waals surface area contributed by atoms with Crippen LogP contribution in [0.25, 0.3) is 10.9 Å². The van der Waals surface area contributed by atoms with Crippen LogP contribution < -0.4 is 5.32 Å². The van der Waals surface area contributed by atoms with E-state index in [1.165, 1.54) is 12.1 Å². The fourth-order valence-electron chi connectivity index (χ4n) is 3.13. The van der Waals surface area contributed by atoms with E-state index in [9.17, 15) is 4.39 Å². The molecule has 5 heteroatoms. The lowest BCUT2D eigenvalue weighted by molar-refractivity contribution is 0.628. The first-order chi connectivity index (χ1) is 8.21. The number of halogens is 2. The van der Waals surface area contributed by atoms with Gasteiger partial charge in [-0.25, -0.2) is 4.39 Å². The van der Waals surface area contributed by atoms with Crippen LogP contribution in [0.5, 0.6) is 0 Å². The Kier molecular flexibility index (Phi) is 1.74. The highest BCUT2D eigenvalue weighted by atomic mass is 35.5. The van der Waals surface area contributed by atoms with Crippen molar-refractivity contribution in [2.24, 2.45) is 5.92 Å². The molecule has 1 aromatic heterocycles. The summed E-state index contributed by atoms with van der Waals surface area (Å²) >= 11 is 6.01. The summed E-state index contributed by atoms with van der Waals surface area (Å²) in [6.45, 7) is 1.98. The number of nitrogens with one attached hydrogen (secondary N) is 2. The normalized spacial score (nSPS) is 30.8. The summed E-state index contributed by atoms with van der Waals surface area (Å²) in [4.78, 5) is 0. The average molecular weight is 252 g/mol. The number of nitrogens with zero attached hydrogens (tertiary/aromatic N) is 1. The molecule has 0 amide bonds. The van der Waals surface area contributed by atoms with Crippen molar-refractivity contribution in [2.45, 2.75) is 11.8 Å². The molecule has 88 valence electrons. The van der Waals surface area contributed by atoms with Gasteiger partial charge in [-0.2, -0.15) is 5.10 Å². The maximum absolute atomic E-state index is 13.4. The van der Waals surface area contributed by atoms with Gasteiger partial charge in [0.1, 0.15) is 5.82 Å². The van der Waals surface area contributed by atoms with Gasteiger partial charge in [-0.05, 0) is 31.0 Å². The van der Waals surface area contributed by atoms with Crippen LogP contribution in [0.4, 0.5) is 4.39 Å². The third-order valence-electron chi connectivity index (χ3n) is 4.12. The van der Waals surface area contributed by atoms with Gasteiger partial charge in [0.2, 0.25) is 0 Å². The molecule has 2 atom stereocenters. The van der Waals surface area contributed by atoms with Crippen molar-refractivity contribution in [2.75, 3.05) is 13.1 Å². The number of H-pyrrole nitrogens is 1. The van der Waals surface area contributed by atoms with E-state index in [1.54, 1.807) is 0 Å². The van der Waals surface area contributed by atoms with Crippen LogP contribution in [0.2, 0.25) is 5.02 Å². The summed E-state index contributed by atoms with van der Waals surface area (Å²) in [5.41, 5.74) is 1.84. The summed E-state index contributed by atoms with van der Waals surface area (Å²) in [6.07, 6.45) is 1.15. The summed E-state index contributed by atoms with van der Waals surface area (Å²) < 4.78 is 13.4. The fraction of sp³-hybridized carbons (Fsp3) is 0.417. The molecular weight excluding hydrogens is 241 g/mol. The molecule has 1 saturated carbocycles. The SMILES string of the molecule is Fc1cc(Cl)c2[nH]nc(C34CNCC3C4)c2c1. The molecule has 1 aliphatic carbocycles. The maximum atomic E-state index is 13.4. The molecule has 0 radical (unpaired) electrons. The number of hydrogen-bond donors (Lipinski definition) is 2. The van der Waals surface area contributed by atoms with Crippen LogP contribution in [-0.4, -0.2) is 23.3 Å². The second kappa shape index (κ2) is 3.00. The molecule has 2 fully saturated rings. The van der Waals surface area contributed by atoms with Gasteiger partial charge < -0.3 is 5.32 Å². The first-order valence-corrected chi connectivity index (χ1v) is 6.13. The highest BCUT2D eigenvalue weighted by Gasteiger charge is 2.60. The van der Waals surface area contributed by atoms with Crippen molar-refractivity contribution in [3.63, 3.8) is 0 Å². The van der Waals surface area contributed by atoms with Crippen LogP contribution in [0.3, 0.4) is 0 Å². The largest absolute Gasteiger partial charge is 0.315 e. The summed E-state index contributed by atoms with van der Waals surface area (Å²) in [5.74, 6) is 0.348. The quantitative estimate of drug-likeness (QED) is 0.816. The lowest BCUT2D eigenvalue weighted by Gasteiger charge is -2.08. The van der Waals surface area contributed by atoms with E-state index in [0.717, 1.165) is 36.1 Å². The van der Waals surface area contributed by atoms with Crippen molar-refractivity contribution < 1.29 is 4.39 Å². The van der Waals surface area contributed by atoms with Gasteiger partial charge in [0.25, 0.3) is 0 Å². The van der Waals surface area contributed by atoms with Crippen LogP contribution in [0.15, 0.2) is 12.1 Å². The molecule has 2 unspecified atom stereocenters. The predicted molar refractivity (Wildman–Crippen MR) is 63.7 cm³/mol. The smallest absolute Gasteiger partial charge is 0.125 e. The third-order valence-corrected chi connectivity index (χ3v) is 4.42. The topological polar surface area (TPSA) is 40.7 Å². The third kappa shape index (κ3) is 1.17. The number of rotatable bonds is 1. The highest BCUT2D eigenvalue weighted by Crippen LogP contribution is 2.57.